The third-order valence-electron chi connectivity index (χ3n) is 9.36. The molecule has 4 rings (SSSR count). The Morgan fingerprint density at radius 3 is 2.58 bits per heavy atom. The van der Waals surface area contributed by atoms with Crippen LogP contribution in [0, 0.1) is 28.6 Å². The van der Waals surface area contributed by atoms with Gasteiger partial charge in [-0.1, -0.05) is 38.8 Å². The number of allylic oxidation sites excluding steroid dienone is 2. The monoisotopic (exact) mass is 362 g/mol. The molecule has 4 aliphatic rings. The van der Waals surface area contributed by atoms with E-state index in [1.807, 2.05) is 0 Å². The van der Waals surface area contributed by atoms with Crippen molar-refractivity contribution >= 4 is 0 Å². The van der Waals surface area contributed by atoms with E-state index in [0.29, 0.717) is 36.0 Å². The molecule has 0 aromatic carbocycles. The van der Waals surface area contributed by atoms with Gasteiger partial charge in [0.15, 0.2) is 0 Å². The van der Waals surface area contributed by atoms with Gasteiger partial charge in [0, 0.05) is 11.8 Å². The lowest BCUT2D eigenvalue weighted by atomic mass is 9.43. The minimum absolute atomic E-state index is 0.258. The average molecular weight is 363 g/mol. The van der Waals surface area contributed by atoms with E-state index in [2.05, 4.69) is 26.8 Å². The molecule has 0 saturated heterocycles. The van der Waals surface area contributed by atoms with Crippen molar-refractivity contribution in [2.45, 2.75) is 103 Å². The first-order chi connectivity index (χ1) is 12.3. The Morgan fingerprint density at radius 1 is 1.08 bits per heavy atom. The third-order valence-corrected chi connectivity index (χ3v) is 9.36. The minimum Gasteiger partial charge on any atom is -0.393 e. The van der Waals surface area contributed by atoms with Crippen LogP contribution in [0.25, 0.3) is 0 Å². The summed E-state index contributed by atoms with van der Waals surface area (Å²) < 4.78 is 0. The zero-order valence-electron chi connectivity index (χ0n) is 16.9. The van der Waals surface area contributed by atoms with Gasteiger partial charge in [-0.25, -0.2) is 0 Å². The summed E-state index contributed by atoms with van der Waals surface area (Å²) in [5, 5.41) is 32.7. The summed E-state index contributed by atoms with van der Waals surface area (Å²) in [6, 6.07) is 0. The first-order valence-electron chi connectivity index (χ1n) is 11.0. The predicted octanol–water partition coefficient (Wildman–Crippen LogP) is 4.20. The molecule has 3 unspecified atom stereocenters. The Labute approximate surface area is 158 Å². The van der Waals surface area contributed by atoms with Crippen molar-refractivity contribution in [3.05, 3.63) is 11.6 Å². The number of fused-ring (bicyclic) bond motifs is 5. The maximum Gasteiger partial charge on any atom is 0.0985 e. The van der Waals surface area contributed by atoms with Gasteiger partial charge in [0.05, 0.1) is 17.8 Å². The summed E-state index contributed by atoms with van der Waals surface area (Å²) >= 11 is 0. The summed E-state index contributed by atoms with van der Waals surface area (Å²) in [6.07, 6.45) is 11.2. The fourth-order valence-electron chi connectivity index (χ4n) is 7.76. The molecule has 3 heteroatoms. The van der Waals surface area contributed by atoms with Crippen molar-refractivity contribution in [3.8, 4) is 0 Å². The van der Waals surface area contributed by atoms with Crippen LogP contribution >= 0.6 is 0 Å². The van der Waals surface area contributed by atoms with Gasteiger partial charge in [0.1, 0.15) is 0 Å². The highest BCUT2D eigenvalue weighted by Gasteiger charge is 2.66. The lowest BCUT2D eigenvalue weighted by Crippen LogP contribution is -2.68. The highest BCUT2D eigenvalue weighted by atomic mass is 16.3. The number of aliphatic hydroxyl groups is 3. The van der Waals surface area contributed by atoms with E-state index in [0.717, 1.165) is 19.3 Å². The van der Waals surface area contributed by atoms with Gasteiger partial charge in [-0.3, -0.25) is 0 Å². The maximum absolute atomic E-state index is 11.5. The van der Waals surface area contributed by atoms with Crippen molar-refractivity contribution in [1.82, 2.24) is 0 Å². The molecule has 148 valence electrons. The van der Waals surface area contributed by atoms with E-state index in [1.54, 1.807) is 5.57 Å². The molecule has 0 aliphatic heterocycles. The number of rotatable bonds is 2. The smallest absolute Gasteiger partial charge is 0.0985 e. The van der Waals surface area contributed by atoms with E-state index in [4.69, 9.17) is 0 Å². The van der Waals surface area contributed by atoms with E-state index < -0.39 is 17.8 Å². The van der Waals surface area contributed by atoms with E-state index >= 15 is 0 Å². The summed E-state index contributed by atoms with van der Waals surface area (Å²) in [5.74, 6) is 1.64. The summed E-state index contributed by atoms with van der Waals surface area (Å²) in [5.41, 5.74) is 0.600. The highest BCUT2D eigenvalue weighted by Crippen LogP contribution is 2.68. The van der Waals surface area contributed by atoms with Crippen LogP contribution in [0.3, 0.4) is 0 Å². The lowest BCUT2D eigenvalue weighted by molar-refractivity contribution is -0.262. The standard InChI is InChI=1S/C23H38O3/c1-4-5-6-15-7-8-18-17-13-20(25)23(26)14-16(24)9-12-22(23,3)19(17)10-11-21(15,18)2/h6,16-20,24-26H,4-5,7-14H2,1-3H3/b15-6+/t16-,17?,18?,19?,20+,21+,22+,23-/m0/s1. The van der Waals surface area contributed by atoms with Crippen molar-refractivity contribution in [1.29, 1.82) is 0 Å². The molecule has 4 saturated carbocycles. The Morgan fingerprint density at radius 2 is 1.85 bits per heavy atom. The van der Waals surface area contributed by atoms with Crippen LogP contribution in [0.5, 0.6) is 0 Å². The number of aliphatic hydroxyl groups excluding tert-OH is 2. The van der Waals surface area contributed by atoms with Crippen LogP contribution in [0.2, 0.25) is 0 Å². The van der Waals surface area contributed by atoms with Crippen molar-refractivity contribution < 1.29 is 15.3 Å². The van der Waals surface area contributed by atoms with Gasteiger partial charge in [0.2, 0.25) is 0 Å². The second-order valence-corrected chi connectivity index (χ2v) is 10.4. The zero-order valence-corrected chi connectivity index (χ0v) is 16.9. The topological polar surface area (TPSA) is 60.7 Å². The molecule has 4 fully saturated rings. The van der Waals surface area contributed by atoms with Crippen molar-refractivity contribution in [2.75, 3.05) is 0 Å². The summed E-state index contributed by atoms with van der Waals surface area (Å²) in [6.45, 7) is 6.94. The molecule has 0 radical (unpaired) electrons. The molecule has 3 nitrogen and oxygen atoms in total. The average Bonchev–Trinajstić information content (AvgIpc) is 2.93. The number of unbranched alkanes of at least 4 members (excludes halogenated alkanes) is 1. The fraction of sp³-hybridized carbons (Fsp3) is 0.913. The Balaban J connectivity index is 1.66. The van der Waals surface area contributed by atoms with Gasteiger partial charge >= 0.3 is 0 Å². The maximum atomic E-state index is 11.5. The number of hydrogen-bond acceptors (Lipinski definition) is 3. The molecule has 0 aromatic rings. The number of hydrogen-bond donors (Lipinski definition) is 3. The van der Waals surface area contributed by atoms with E-state index in [-0.39, 0.29) is 5.41 Å². The van der Waals surface area contributed by atoms with E-state index in [9.17, 15) is 15.3 Å². The molecule has 4 aliphatic carbocycles. The normalized spacial score (nSPS) is 55.3. The largest absolute Gasteiger partial charge is 0.393 e. The lowest BCUT2D eigenvalue weighted by Gasteiger charge is -2.65. The molecule has 8 atom stereocenters. The Kier molecular flexibility index (Phi) is 4.61. The molecular weight excluding hydrogens is 324 g/mol. The van der Waals surface area contributed by atoms with Crippen LogP contribution in [0.1, 0.15) is 85.0 Å². The molecule has 0 aromatic heterocycles. The first-order valence-corrected chi connectivity index (χ1v) is 11.0. The highest BCUT2D eigenvalue weighted by molar-refractivity contribution is 5.25. The molecule has 0 spiro atoms. The fourth-order valence-corrected chi connectivity index (χ4v) is 7.76. The van der Waals surface area contributed by atoms with Gasteiger partial charge in [-0.2, -0.15) is 0 Å². The van der Waals surface area contributed by atoms with Crippen LogP contribution < -0.4 is 0 Å². The van der Waals surface area contributed by atoms with Crippen LogP contribution in [-0.4, -0.2) is 33.1 Å². The predicted molar refractivity (Wildman–Crippen MR) is 104 cm³/mol. The molecule has 0 amide bonds. The van der Waals surface area contributed by atoms with E-state index in [1.165, 1.54) is 32.1 Å². The van der Waals surface area contributed by atoms with Crippen LogP contribution in [0.4, 0.5) is 0 Å². The third kappa shape index (κ3) is 2.42. The summed E-state index contributed by atoms with van der Waals surface area (Å²) in [4.78, 5) is 0. The van der Waals surface area contributed by atoms with Gasteiger partial charge in [-0.15, -0.1) is 0 Å². The van der Waals surface area contributed by atoms with Gasteiger partial charge in [0.25, 0.3) is 0 Å². The quantitative estimate of drug-likeness (QED) is 0.645. The molecule has 0 bridgehead atoms. The summed E-state index contributed by atoms with van der Waals surface area (Å²) in [7, 11) is 0. The first kappa shape index (κ1) is 19.0. The Bertz CT molecular complexity index is 586. The molecular formula is C23H38O3. The van der Waals surface area contributed by atoms with Gasteiger partial charge in [-0.05, 0) is 74.5 Å². The molecule has 3 N–H and O–H groups in total. The Hall–Kier alpha value is -0.380. The van der Waals surface area contributed by atoms with Crippen molar-refractivity contribution in [3.63, 3.8) is 0 Å². The molecule has 0 heterocycles. The van der Waals surface area contributed by atoms with Gasteiger partial charge < -0.3 is 15.3 Å². The van der Waals surface area contributed by atoms with Crippen molar-refractivity contribution in [2.24, 2.45) is 28.6 Å². The molecule has 26 heavy (non-hydrogen) atoms. The zero-order chi connectivity index (χ0) is 18.7. The SMILES string of the molecule is CCC/C=C1\CCC2C3C[C@@H](O)[C@@]4(O)C[C@@H](O)CC[C@]4(C)C3CC[C@]12C. The minimum atomic E-state index is -1.11. The second kappa shape index (κ2) is 6.32. The second-order valence-electron chi connectivity index (χ2n) is 10.4. The van der Waals surface area contributed by atoms with Crippen LogP contribution in [-0.2, 0) is 0 Å². The van der Waals surface area contributed by atoms with Crippen LogP contribution in [0.15, 0.2) is 11.6 Å².